The number of aromatic amines is 1. The fraction of sp³-hybridized carbons (Fsp3) is 0.161. The largest absolute Gasteiger partial charge is 0.530 e. The Bertz CT molecular complexity index is 2930. The van der Waals surface area contributed by atoms with Crippen molar-refractivity contribution in [2.45, 2.75) is 58.0 Å². The van der Waals surface area contributed by atoms with Crippen LogP contribution < -0.4 is 19.9 Å². The number of fused-ring (bicyclic) bond motifs is 1. The van der Waals surface area contributed by atoms with Crippen LogP contribution in [0.4, 0.5) is 4.79 Å². The molecular weight excluding hydrogens is 906 g/mol. The summed E-state index contributed by atoms with van der Waals surface area (Å²) in [6.45, 7) is -0.127. The molecule has 3 N–H and O–H groups in total. The van der Waals surface area contributed by atoms with E-state index in [0.717, 1.165) is 44.3 Å². The second-order valence-corrected chi connectivity index (χ2v) is 17.9. The maximum Gasteiger partial charge on any atom is 0.530 e. The van der Waals surface area contributed by atoms with Crippen molar-refractivity contribution in [2.24, 2.45) is 0 Å². The summed E-state index contributed by atoms with van der Waals surface area (Å²) in [5.41, 5.74) is 5.98. The van der Waals surface area contributed by atoms with Crippen molar-refractivity contribution in [1.82, 2.24) is 15.6 Å². The molecule has 70 heavy (non-hydrogen) atoms. The Morgan fingerprint density at radius 1 is 0.486 bits per heavy atom. The van der Waals surface area contributed by atoms with Crippen molar-refractivity contribution in [1.29, 1.82) is 0 Å². The van der Waals surface area contributed by atoms with E-state index in [1.165, 1.54) is 0 Å². The molecule has 2 amide bonds. The highest BCUT2D eigenvalue weighted by atomic mass is 31.2. The summed E-state index contributed by atoms with van der Waals surface area (Å²) in [6.07, 6.45) is 0.934. The number of phosphoric ester groups is 1. The number of alkyl carbamates (subject to hydrolysis) is 1. The topological polar surface area (TPSA) is 164 Å². The van der Waals surface area contributed by atoms with Crippen molar-refractivity contribution >= 4 is 36.7 Å². The summed E-state index contributed by atoms with van der Waals surface area (Å²) >= 11 is 0. The molecule has 0 aliphatic heterocycles. The van der Waals surface area contributed by atoms with Gasteiger partial charge in [0.25, 0.3) is 0 Å². The van der Waals surface area contributed by atoms with E-state index in [2.05, 4.69) is 15.6 Å². The molecule has 0 saturated heterocycles. The lowest BCUT2D eigenvalue weighted by Crippen LogP contribution is -2.53. The highest BCUT2D eigenvalue weighted by Gasteiger charge is 2.33. The Morgan fingerprint density at radius 3 is 1.56 bits per heavy atom. The first kappa shape index (κ1) is 48.5. The van der Waals surface area contributed by atoms with Gasteiger partial charge in [0.05, 0.1) is 13.2 Å². The minimum atomic E-state index is -4.35. The minimum absolute atomic E-state index is 0.0231. The molecule has 13 nitrogen and oxygen atoms in total. The number of hydrogen-bond donors (Lipinski definition) is 3. The maximum atomic E-state index is 14.6. The molecular formula is C56H52N3O10P. The number of para-hydroxylation sites is 1. The van der Waals surface area contributed by atoms with E-state index in [9.17, 15) is 18.9 Å². The van der Waals surface area contributed by atoms with Crippen LogP contribution in [0.1, 0.15) is 38.9 Å². The molecule has 0 spiro atoms. The van der Waals surface area contributed by atoms with E-state index in [0.29, 0.717) is 5.56 Å². The molecule has 0 fully saturated rings. The number of hydrogen-bond acceptors (Lipinski definition) is 10. The Labute approximate surface area is 406 Å². The summed E-state index contributed by atoms with van der Waals surface area (Å²) in [6, 6.07) is 56.3. The molecule has 0 aliphatic rings. The molecule has 0 saturated carbocycles. The second kappa shape index (κ2) is 24.4. The van der Waals surface area contributed by atoms with Gasteiger partial charge in [-0.2, -0.15) is 0 Å². The minimum Gasteiger partial charge on any atom is -0.485 e. The summed E-state index contributed by atoms with van der Waals surface area (Å²) in [5, 5.41) is 6.49. The van der Waals surface area contributed by atoms with E-state index in [-0.39, 0.29) is 57.4 Å². The summed E-state index contributed by atoms with van der Waals surface area (Å²) in [4.78, 5) is 45.4. The third-order valence-electron chi connectivity index (χ3n) is 11.1. The predicted molar refractivity (Wildman–Crippen MR) is 265 cm³/mol. The average Bonchev–Trinajstić information content (AvgIpc) is 3.82. The molecule has 7 aromatic carbocycles. The summed E-state index contributed by atoms with van der Waals surface area (Å²) in [7, 11) is -4.35. The molecule has 0 radical (unpaired) electrons. The first-order chi connectivity index (χ1) is 34.2. The Kier molecular flexibility index (Phi) is 16.9. The van der Waals surface area contributed by atoms with Crippen molar-refractivity contribution < 1.29 is 46.7 Å². The first-order valence-electron chi connectivity index (χ1n) is 22.7. The van der Waals surface area contributed by atoms with E-state index in [4.69, 9.17) is 27.8 Å². The molecule has 2 atom stereocenters. The number of esters is 1. The van der Waals surface area contributed by atoms with Gasteiger partial charge in [-0.05, 0) is 57.1 Å². The molecule has 0 unspecified atom stereocenters. The Hall–Kier alpha value is -7.96. The average molecular weight is 958 g/mol. The molecule has 14 heteroatoms. The third-order valence-corrected chi connectivity index (χ3v) is 12.4. The van der Waals surface area contributed by atoms with Crippen LogP contribution in [0.3, 0.4) is 0 Å². The highest BCUT2D eigenvalue weighted by Crippen LogP contribution is 2.53. The van der Waals surface area contributed by atoms with Gasteiger partial charge < -0.3 is 34.4 Å². The quantitative estimate of drug-likeness (QED) is 0.0415. The molecule has 1 heterocycles. The van der Waals surface area contributed by atoms with Crippen molar-refractivity contribution in [3.05, 3.63) is 239 Å². The number of carbonyl (C=O) groups is 3. The standard InChI is InChI=1S/C56H52N3O10P/c60-54(50(34-47-35-57-49-29-17-16-28-48(47)49)59-56(62)66-38-43-22-10-3-11-23-43)58-51(55(61)65-37-42-20-8-2-9-21-42)32-46-30-31-52(53(33-46)64-36-41-18-6-1-7-19-41)69-70(63,67-39-44-24-12-4-13-25-44)68-40-45-26-14-5-15-27-45/h1-31,33,35,50-51,57H,32,34,36-40H2,(H,58,60)(H,59,62)/t50-,51-/m0/s1. The zero-order valence-electron chi connectivity index (χ0n) is 38.2. The monoisotopic (exact) mass is 957 g/mol. The van der Waals surface area contributed by atoms with Crippen LogP contribution in [0.25, 0.3) is 10.9 Å². The second-order valence-electron chi connectivity index (χ2n) is 16.3. The van der Waals surface area contributed by atoms with Gasteiger partial charge >= 0.3 is 19.9 Å². The number of ether oxygens (including phenoxy) is 3. The SMILES string of the molecule is O=C(N[C@@H](Cc1c[nH]c2ccccc12)C(=O)N[C@@H](Cc1ccc(OP(=O)(OCc2ccccc2)OCc2ccccc2)c(OCc2ccccc2)c1)C(=O)OCc1ccccc1)OCc1ccccc1. The van der Waals surface area contributed by atoms with E-state index >= 15 is 0 Å². The lowest BCUT2D eigenvalue weighted by Gasteiger charge is -2.24. The Morgan fingerprint density at radius 2 is 0.986 bits per heavy atom. The van der Waals surface area contributed by atoms with Crippen LogP contribution in [0.2, 0.25) is 0 Å². The van der Waals surface area contributed by atoms with Crippen molar-refractivity contribution in [3.63, 3.8) is 0 Å². The fourth-order valence-electron chi connectivity index (χ4n) is 7.44. The number of carbonyl (C=O) groups excluding carboxylic acids is 3. The van der Waals surface area contributed by atoms with Gasteiger partial charge in [-0.25, -0.2) is 14.2 Å². The first-order valence-corrected chi connectivity index (χ1v) is 24.2. The molecule has 8 rings (SSSR count). The van der Waals surface area contributed by atoms with Gasteiger partial charge in [-0.15, -0.1) is 0 Å². The molecule has 356 valence electrons. The smallest absolute Gasteiger partial charge is 0.485 e. The molecule has 8 aromatic rings. The van der Waals surface area contributed by atoms with Gasteiger partial charge in [0, 0.05) is 29.9 Å². The van der Waals surface area contributed by atoms with Crippen molar-refractivity contribution in [2.75, 3.05) is 0 Å². The van der Waals surface area contributed by atoms with Crippen LogP contribution in [0, 0.1) is 0 Å². The Balaban J connectivity index is 1.08. The van der Waals surface area contributed by atoms with Gasteiger partial charge in [0.1, 0.15) is 31.9 Å². The summed E-state index contributed by atoms with van der Waals surface area (Å²) in [5.74, 6) is -1.17. The van der Waals surface area contributed by atoms with Crippen LogP contribution >= 0.6 is 7.82 Å². The van der Waals surface area contributed by atoms with Crippen LogP contribution in [-0.4, -0.2) is 35.0 Å². The van der Waals surface area contributed by atoms with E-state index in [1.54, 1.807) is 24.4 Å². The highest BCUT2D eigenvalue weighted by molar-refractivity contribution is 7.48. The number of aromatic nitrogens is 1. The predicted octanol–water partition coefficient (Wildman–Crippen LogP) is 11.0. The number of phosphoric acid groups is 1. The van der Waals surface area contributed by atoms with Crippen LogP contribution in [0.5, 0.6) is 11.5 Å². The van der Waals surface area contributed by atoms with E-state index in [1.807, 2.05) is 176 Å². The summed E-state index contributed by atoms with van der Waals surface area (Å²) < 4.78 is 50.4. The lowest BCUT2D eigenvalue weighted by molar-refractivity contribution is -0.149. The molecule has 1 aromatic heterocycles. The van der Waals surface area contributed by atoms with Crippen LogP contribution in [-0.2, 0) is 78.6 Å². The molecule has 0 bridgehead atoms. The fourth-order valence-corrected chi connectivity index (χ4v) is 8.62. The van der Waals surface area contributed by atoms with E-state index < -0.39 is 37.9 Å². The normalized spacial score (nSPS) is 12.1. The van der Waals surface area contributed by atoms with Gasteiger partial charge in [0.2, 0.25) is 5.91 Å². The number of H-pyrrole nitrogens is 1. The number of benzene rings is 7. The lowest BCUT2D eigenvalue weighted by atomic mass is 10.0. The maximum absolute atomic E-state index is 14.6. The number of nitrogens with one attached hydrogen (secondary N) is 3. The zero-order chi connectivity index (χ0) is 48.4. The molecule has 0 aliphatic carbocycles. The number of amides is 2. The zero-order valence-corrected chi connectivity index (χ0v) is 39.1. The van der Waals surface area contributed by atoms with Gasteiger partial charge in [0.15, 0.2) is 11.5 Å². The van der Waals surface area contributed by atoms with Gasteiger partial charge in [-0.3, -0.25) is 13.8 Å². The van der Waals surface area contributed by atoms with Crippen molar-refractivity contribution in [3.8, 4) is 11.5 Å². The third kappa shape index (κ3) is 14.3. The number of rotatable bonds is 23. The van der Waals surface area contributed by atoms with Crippen LogP contribution in [0.15, 0.2) is 200 Å². The van der Waals surface area contributed by atoms with Gasteiger partial charge in [-0.1, -0.05) is 176 Å².